The third-order valence-corrected chi connectivity index (χ3v) is 2.98. The van der Waals surface area contributed by atoms with Gasteiger partial charge in [0.25, 0.3) is 0 Å². The number of nitrogens with two attached hydrogens (primary N) is 1. The summed E-state index contributed by atoms with van der Waals surface area (Å²) >= 11 is 11.8. The van der Waals surface area contributed by atoms with E-state index in [1.807, 2.05) is 6.92 Å². The van der Waals surface area contributed by atoms with E-state index in [1.165, 1.54) is 0 Å². The summed E-state index contributed by atoms with van der Waals surface area (Å²) < 4.78 is 5.35. The van der Waals surface area contributed by atoms with Gasteiger partial charge in [0.2, 0.25) is 5.95 Å². The number of nitrogens with zero attached hydrogens (tertiary/aromatic N) is 3. The van der Waals surface area contributed by atoms with Gasteiger partial charge in [-0.3, -0.25) is 0 Å². The molecular weight excluding hydrogens is 287 g/mol. The van der Waals surface area contributed by atoms with E-state index in [4.69, 9.17) is 33.7 Å². The molecule has 2 N–H and O–H groups in total. The molecule has 0 aliphatic heterocycles. The number of benzene rings is 1. The Balaban J connectivity index is 2.37. The molecule has 0 spiro atoms. The Bertz CT molecular complexity index is 592. The maximum Gasteiger partial charge on any atom is 0.321 e. The molecule has 0 bridgehead atoms. The van der Waals surface area contributed by atoms with Crippen molar-refractivity contribution in [2.45, 2.75) is 13.3 Å². The van der Waals surface area contributed by atoms with Crippen LogP contribution < -0.4 is 10.5 Å². The highest BCUT2D eigenvalue weighted by Crippen LogP contribution is 2.27. The molecule has 0 amide bonds. The molecule has 0 aliphatic rings. The van der Waals surface area contributed by atoms with Crippen LogP contribution in [0.15, 0.2) is 18.2 Å². The van der Waals surface area contributed by atoms with Gasteiger partial charge in [0.1, 0.15) is 0 Å². The zero-order valence-electron chi connectivity index (χ0n) is 10.2. The minimum absolute atomic E-state index is 0.0992. The fraction of sp³-hybridized carbons (Fsp3) is 0.250. The van der Waals surface area contributed by atoms with Crippen LogP contribution >= 0.6 is 23.2 Å². The lowest BCUT2D eigenvalue weighted by atomic mass is 10.2. The van der Waals surface area contributed by atoms with Crippen molar-refractivity contribution in [3.63, 3.8) is 0 Å². The molecule has 0 radical (unpaired) electrons. The van der Waals surface area contributed by atoms with E-state index in [0.717, 1.165) is 6.42 Å². The summed E-state index contributed by atoms with van der Waals surface area (Å²) in [6.45, 7) is 2.51. The van der Waals surface area contributed by atoms with Crippen LogP contribution in [0, 0.1) is 0 Å². The van der Waals surface area contributed by atoms with Crippen molar-refractivity contribution in [1.29, 1.82) is 0 Å². The number of nitrogen functional groups attached to an aromatic ring is 1. The monoisotopic (exact) mass is 298 g/mol. The fourth-order valence-corrected chi connectivity index (χ4v) is 1.69. The summed E-state index contributed by atoms with van der Waals surface area (Å²) in [5, 5.41) is 0.893. The van der Waals surface area contributed by atoms with Crippen molar-refractivity contribution in [3.05, 3.63) is 28.2 Å². The van der Waals surface area contributed by atoms with Crippen LogP contribution in [0.2, 0.25) is 10.0 Å². The first-order valence-electron chi connectivity index (χ1n) is 5.70. The van der Waals surface area contributed by atoms with Crippen molar-refractivity contribution in [3.8, 4) is 17.4 Å². The molecule has 1 aromatic carbocycles. The van der Waals surface area contributed by atoms with Gasteiger partial charge in [-0.2, -0.15) is 15.0 Å². The maximum absolute atomic E-state index is 5.96. The first-order valence-corrected chi connectivity index (χ1v) is 6.45. The van der Waals surface area contributed by atoms with Gasteiger partial charge in [-0.1, -0.05) is 30.1 Å². The molecule has 100 valence electrons. The van der Waals surface area contributed by atoms with E-state index in [1.54, 1.807) is 18.2 Å². The third kappa shape index (κ3) is 3.45. The summed E-state index contributed by atoms with van der Waals surface area (Å²) in [6, 6.07) is 5.30. The standard InChI is InChI=1S/C12H12Cl2N4O/c1-2-5-19-12-17-10(16-11(15)18-12)7-3-4-8(13)9(14)6-7/h3-4,6H,2,5H2,1H3,(H2,15,16,17,18). The van der Waals surface area contributed by atoms with Crippen LogP contribution in [0.25, 0.3) is 11.4 Å². The number of anilines is 1. The number of rotatable bonds is 4. The van der Waals surface area contributed by atoms with Gasteiger partial charge in [0.15, 0.2) is 5.82 Å². The molecule has 0 saturated heterocycles. The van der Waals surface area contributed by atoms with Gasteiger partial charge in [-0.05, 0) is 24.6 Å². The maximum atomic E-state index is 5.96. The molecule has 1 aromatic heterocycles. The number of halogens is 2. The van der Waals surface area contributed by atoms with Crippen molar-refractivity contribution < 1.29 is 4.74 Å². The predicted octanol–water partition coefficient (Wildman–Crippen LogP) is 3.22. The molecular formula is C12H12Cl2N4O. The lowest BCUT2D eigenvalue weighted by Crippen LogP contribution is -2.05. The van der Waals surface area contributed by atoms with Gasteiger partial charge in [0, 0.05) is 5.56 Å². The predicted molar refractivity (Wildman–Crippen MR) is 75.5 cm³/mol. The highest BCUT2D eigenvalue weighted by atomic mass is 35.5. The molecule has 2 rings (SSSR count). The summed E-state index contributed by atoms with van der Waals surface area (Å²) in [5.74, 6) is 0.499. The first kappa shape index (κ1) is 13.8. The van der Waals surface area contributed by atoms with Crippen molar-refractivity contribution >= 4 is 29.2 Å². The second-order valence-corrected chi connectivity index (χ2v) is 4.59. The van der Waals surface area contributed by atoms with Crippen molar-refractivity contribution in [2.24, 2.45) is 0 Å². The Morgan fingerprint density at radius 1 is 1.16 bits per heavy atom. The quantitative estimate of drug-likeness (QED) is 0.938. The minimum atomic E-state index is 0.0992. The molecule has 0 unspecified atom stereocenters. The van der Waals surface area contributed by atoms with E-state index in [-0.39, 0.29) is 12.0 Å². The summed E-state index contributed by atoms with van der Waals surface area (Å²) in [6.07, 6.45) is 0.855. The Morgan fingerprint density at radius 3 is 2.63 bits per heavy atom. The summed E-state index contributed by atoms with van der Waals surface area (Å²) in [5.41, 5.74) is 6.33. The second-order valence-electron chi connectivity index (χ2n) is 3.78. The fourth-order valence-electron chi connectivity index (χ4n) is 1.39. The molecule has 0 atom stereocenters. The number of hydrogen-bond donors (Lipinski definition) is 1. The lowest BCUT2D eigenvalue weighted by Gasteiger charge is -2.06. The van der Waals surface area contributed by atoms with E-state index in [0.29, 0.717) is 28.0 Å². The summed E-state index contributed by atoms with van der Waals surface area (Å²) in [7, 11) is 0. The molecule has 1 heterocycles. The first-order chi connectivity index (χ1) is 9.10. The average molecular weight is 299 g/mol. The smallest absolute Gasteiger partial charge is 0.321 e. The van der Waals surface area contributed by atoms with Crippen LogP contribution in [0.4, 0.5) is 5.95 Å². The van der Waals surface area contributed by atoms with E-state index in [9.17, 15) is 0 Å². The van der Waals surface area contributed by atoms with Crippen molar-refractivity contribution in [2.75, 3.05) is 12.3 Å². The third-order valence-electron chi connectivity index (χ3n) is 2.25. The van der Waals surface area contributed by atoms with Gasteiger partial charge >= 0.3 is 6.01 Å². The summed E-state index contributed by atoms with van der Waals surface area (Å²) in [4.78, 5) is 12.2. The highest BCUT2D eigenvalue weighted by molar-refractivity contribution is 6.42. The molecule has 2 aromatic rings. The van der Waals surface area contributed by atoms with Crippen LogP contribution in [0.5, 0.6) is 6.01 Å². The topological polar surface area (TPSA) is 73.9 Å². The van der Waals surface area contributed by atoms with Gasteiger partial charge < -0.3 is 10.5 Å². The van der Waals surface area contributed by atoms with Gasteiger partial charge in [-0.25, -0.2) is 0 Å². The minimum Gasteiger partial charge on any atom is -0.463 e. The molecule has 7 heteroatoms. The van der Waals surface area contributed by atoms with E-state index >= 15 is 0 Å². The number of ether oxygens (including phenoxy) is 1. The molecule has 0 saturated carbocycles. The number of hydrogen-bond acceptors (Lipinski definition) is 5. The zero-order chi connectivity index (χ0) is 13.8. The Hall–Kier alpha value is -1.59. The Labute approximate surface area is 120 Å². The second kappa shape index (κ2) is 6.04. The normalized spacial score (nSPS) is 10.5. The van der Waals surface area contributed by atoms with E-state index in [2.05, 4.69) is 15.0 Å². The SMILES string of the molecule is CCCOc1nc(N)nc(-c2ccc(Cl)c(Cl)c2)n1. The Kier molecular flexibility index (Phi) is 4.39. The lowest BCUT2D eigenvalue weighted by molar-refractivity contribution is 0.292. The van der Waals surface area contributed by atoms with Crippen LogP contribution in [-0.4, -0.2) is 21.6 Å². The number of aromatic nitrogens is 3. The average Bonchev–Trinajstić information content (AvgIpc) is 2.39. The van der Waals surface area contributed by atoms with Crippen LogP contribution in [-0.2, 0) is 0 Å². The van der Waals surface area contributed by atoms with Crippen LogP contribution in [0.1, 0.15) is 13.3 Å². The molecule has 5 nitrogen and oxygen atoms in total. The van der Waals surface area contributed by atoms with Gasteiger partial charge in [-0.15, -0.1) is 0 Å². The Morgan fingerprint density at radius 2 is 1.95 bits per heavy atom. The van der Waals surface area contributed by atoms with Gasteiger partial charge in [0.05, 0.1) is 16.7 Å². The van der Waals surface area contributed by atoms with E-state index < -0.39 is 0 Å². The zero-order valence-corrected chi connectivity index (χ0v) is 11.7. The molecule has 0 fully saturated rings. The largest absolute Gasteiger partial charge is 0.463 e. The molecule has 0 aliphatic carbocycles. The van der Waals surface area contributed by atoms with Crippen molar-refractivity contribution in [1.82, 2.24) is 15.0 Å². The molecule has 19 heavy (non-hydrogen) atoms. The van der Waals surface area contributed by atoms with Crippen LogP contribution in [0.3, 0.4) is 0 Å². The highest BCUT2D eigenvalue weighted by Gasteiger charge is 2.09.